The van der Waals surface area contributed by atoms with Crippen LogP contribution in [0.3, 0.4) is 0 Å². The van der Waals surface area contributed by atoms with Gasteiger partial charge in [-0.3, -0.25) is 9.69 Å². The summed E-state index contributed by atoms with van der Waals surface area (Å²) in [6, 6.07) is 10.1. The van der Waals surface area contributed by atoms with Crippen LogP contribution in [0.25, 0.3) is 0 Å². The smallest absolute Gasteiger partial charge is 0.317 e. The van der Waals surface area contributed by atoms with E-state index in [0.29, 0.717) is 25.6 Å². The van der Waals surface area contributed by atoms with E-state index in [2.05, 4.69) is 15.5 Å². The second kappa shape index (κ2) is 9.92. The molecule has 6 heteroatoms. The van der Waals surface area contributed by atoms with Crippen molar-refractivity contribution in [3.05, 3.63) is 35.9 Å². The molecule has 0 radical (unpaired) electrons. The normalized spacial score (nSPS) is 19.6. The molecule has 1 aliphatic carbocycles. The van der Waals surface area contributed by atoms with Crippen LogP contribution in [-0.4, -0.2) is 60.0 Å². The largest absolute Gasteiger partial charge is 0.351 e. The third-order valence-corrected chi connectivity index (χ3v) is 5.83. The average Bonchev–Trinajstić information content (AvgIpc) is 3.21. The summed E-state index contributed by atoms with van der Waals surface area (Å²) in [5.74, 6) is 0.558. The zero-order valence-electron chi connectivity index (χ0n) is 17.2. The van der Waals surface area contributed by atoms with Crippen LogP contribution < -0.4 is 10.6 Å². The van der Waals surface area contributed by atoms with Gasteiger partial charge >= 0.3 is 6.03 Å². The van der Waals surface area contributed by atoms with Crippen LogP contribution in [0.5, 0.6) is 0 Å². The number of nitrogens with zero attached hydrogens (tertiary/aromatic N) is 2. The lowest BCUT2D eigenvalue weighted by Crippen LogP contribution is -2.59. The highest BCUT2D eigenvalue weighted by Crippen LogP contribution is 2.31. The number of piperazine rings is 1. The fraction of sp³-hybridized carbons (Fsp3) is 0.636. The zero-order chi connectivity index (χ0) is 19.9. The van der Waals surface area contributed by atoms with Gasteiger partial charge in [0.2, 0.25) is 5.91 Å². The monoisotopic (exact) mass is 386 g/mol. The van der Waals surface area contributed by atoms with Crippen molar-refractivity contribution in [1.82, 2.24) is 20.4 Å². The fourth-order valence-corrected chi connectivity index (χ4v) is 4.38. The standard InChI is InChI=1S/C22H34N4O2/c1-17(2)24-22(28)26-14-12-25(13-15-26)20(19-10-6-7-11-19)21(27)23-16-18-8-4-3-5-9-18/h3-5,8-9,17,19-20H,6-7,10-16H2,1-2H3,(H,23,27)(H,24,28). The first kappa shape index (κ1) is 20.6. The molecule has 3 amide bonds. The quantitative estimate of drug-likeness (QED) is 0.790. The summed E-state index contributed by atoms with van der Waals surface area (Å²) in [6.07, 6.45) is 4.67. The van der Waals surface area contributed by atoms with E-state index < -0.39 is 0 Å². The van der Waals surface area contributed by atoms with Crippen LogP contribution >= 0.6 is 0 Å². The van der Waals surface area contributed by atoms with E-state index in [1.54, 1.807) is 0 Å². The number of nitrogens with one attached hydrogen (secondary N) is 2. The number of amides is 3. The lowest BCUT2D eigenvalue weighted by atomic mass is 9.95. The van der Waals surface area contributed by atoms with Crippen LogP contribution in [-0.2, 0) is 11.3 Å². The van der Waals surface area contributed by atoms with E-state index in [0.717, 1.165) is 31.5 Å². The second-order valence-corrected chi connectivity index (χ2v) is 8.32. The number of benzene rings is 1. The van der Waals surface area contributed by atoms with Gasteiger partial charge in [-0.1, -0.05) is 43.2 Å². The highest BCUT2D eigenvalue weighted by molar-refractivity contribution is 5.82. The molecule has 3 rings (SSSR count). The summed E-state index contributed by atoms with van der Waals surface area (Å²) in [7, 11) is 0. The molecule has 1 saturated heterocycles. The Kier molecular flexibility index (Phi) is 7.31. The van der Waals surface area contributed by atoms with E-state index in [1.165, 1.54) is 12.8 Å². The molecule has 2 N–H and O–H groups in total. The predicted molar refractivity (Wildman–Crippen MR) is 111 cm³/mol. The van der Waals surface area contributed by atoms with Gasteiger partial charge in [-0.2, -0.15) is 0 Å². The van der Waals surface area contributed by atoms with E-state index in [4.69, 9.17) is 0 Å². The van der Waals surface area contributed by atoms with Crippen LogP contribution in [0.15, 0.2) is 30.3 Å². The van der Waals surface area contributed by atoms with Crippen LogP contribution in [0, 0.1) is 5.92 Å². The molecule has 1 heterocycles. The number of hydrogen-bond acceptors (Lipinski definition) is 3. The average molecular weight is 387 g/mol. The van der Waals surface area contributed by atoms with Crippen LogP contribution in [0.4, 0.5) is 4.79 Å². The van der Waals surface area contributed by atoms with Gasteiger partial charge in [0.1, 0.15) is 0 Å². The Bertz CT molecular complexity index is 635. The van der Waals surface area contributed by atoms with Gasteiger partial charge in [0.15, 0.2) is 0 Å². The second-order valence-electron chi connectivity index (χ2n) is 8.32. The van der Waals surface area contributed by atoms with Gasteiger partial charge in [0.25, 0.3) is 0 Å². The molecule has 1 atom stereocenters. The Morgan fingerprint density at radius 1 is 1.04 bits per heavy atom. The third-order valence-electron chi connectivity index (χ3n) is 5.83. The molecule has 6 nitrogen and oxygen atoms in total. The molecule has 2 fully saturated rings. The highest BCUT2D eigenvalue weighted by Gasteiger charge is 2.37. The number of rotatable bonds is 6. The van der Waals surface area contributed by atoms with Crippen LogP contribution in [0.2, 0.25) is 0 Å². The minimum atomic E-state index is -0.0819. The van der Waals surface area contributed by atoms with Crippen molar-refractivity contribution in [3.8, 4) is 0 Å². The topological polar surface area (TPSA) is 64.7 Å². The van der Waals surface area contributed by atoms with Crippen LogP contribution in [0.1, 0.15) is 45.1 Å². The number of hydrogen-bond donors (Lipinski definition) is 2. The van der Waals surface area contributed by atoms with Gasteiger partial charge in [0, 0.05) is 38.8 Å². The lowest BCUT2D eigenvalue weighted by molar-refractivity contribution is -0.129. The third kappa shape index (κ3) is 5.47. The SMILES string of the molecule is CC(C)NC(=O)N1CCN(C(C(=O)NCc2ccccc2)C2CCCC2)CC1. The van der Waals surface area contributed by atoms with Gasteiger partial charge < -0.3 is 15.5 Å². The Morgan fingerprint density at radius 2 is 1.68 bits per heavy atom. The molecule has 2 aliphatic rings. The molecule has 1 aromatic rings. The van der Waals surface area contributed by atoms with Crippen molar-refractivity contribution in [1.29, 1.82) is 0 Å². The van der Waals surface area contributed by atoms with E-state index >= 15 is 0 Å². The summed E-state index contributed by atoms with van der Waals surface area (Å²) >= 11 is 0. The van der Waals surface area contributed by atoms with Gasteiger partial charge in [0.05, 0.1) is 6.04 Å². The van der Waals surface area contributed by atoms with Gasteiger partial charge in [-0.15, -0.1) is 0 Å². The Balaban J connectivity index is 1.59. The van der Waals surface area contributed by atoms with Crippen molar-refractivity contribution in [3.63, 3.8) is 0 Å². The molecule has 1 unspecified atom stereocenters. The van der Waals surface area contributed by atoms with Gasteiger partial charge in [-0.25, -0.2) is 4.79 Å². The summed E-state index contributed by atoms with van der Waals surface area (Å²) in [6.45, 7) is 7.38. The summed E-state index contributed by atoms with van der Waals surface area (Å²) in [5.41, 5.74) is 1.12. The van der Waals surface area contributed by atoms with Crippen molar-refractivity contribution in [2.45, 2.75) is 58.2 Å². The molecule has 0 aromatic heterocycles. The molecule has 154 valence electrons. The Morgan fingerprint density at radius 3 is 2.29 bits per heavy atom. The molecule has 0 bridgehead atoms. The lowest BCUT2D eigenvalue weighted by Gasteiger charge is -2.40. The number of carbonyl (C=O) groups excluding carboxylic acids is 2. The number of urea groups is 1. The molecule has 1 saturated carbocycles. The fourth-order valence-electron chi connectivity index (χ4n) is 4.38. The summed E-state index contributed by atoms with van der Waals surface area (Å²) in [4.78, 5) is 29.5. The van der Waals surface area contributed by atoms with Crippen molar-refractivity contribution in [2.75, 3.05) is 26.2 Å². The first-order valence-corrected chi connectivity index (χ1v) is 10.7. The molecule has 0 spiro atoms. The molecule has 1 aromatic carbocycles. The maximum absolute atomic E-state index is 13.1. The predicted octanol–water partition coefficient (Wildman–Crippen LogP) is 2.60. The van der Waals surface area contributed by atoms with Crippen molar-refractivity contribution >= 4 is 11.9 Å². The highest BCUT2D eigenvalue weighted by atomic mass is 16.2. The zero-order valence-corrected chi connectivity index (χ0v) is 17.2. The summed E-state index contributed by atoms with van der Waals surface area (Å²) in [5, 5.41) is 6.12. The van der Waals surface area contributed by atoms with E-state index in [1.807, 2.05) is 49.1 Å². The van der Waals surface area contributed by atoms with Gasteiger partial charge in [-0.05, 0) is 38.2 Å². The van der Waals surface area contributed by atoms with Crippen molar-refractivity contribution < 1.29 is 9.59 Å². The Labute approximate surface area is 168 Å². The molecule has 28 heavy (non-hydrogen) atoms. The molecular weight excluding hydrogens is 352 g/mol. The number of carbonyl (C=O) groups is 2. The maximum Gasteiger partial charge on any atom is 0.317 e. The first-order chi connectivity index (χ1) is 13.5. The van der Waals surface area contributed by atoms with Crippen molar-refractivity contribution in [2.24, 2.45) is 5.92 Å². The van der Waals surface area contributed by atoms with E-state index in [-0.39, 0.29) is 24.0 Å². The maximum atomic E-state index is 13.1. The summed E-state index contributed by atoms with van der Waals surface area (Å²) < 4.78 is 0. The Hall–Kier alpha value is -2.08. The molecule has 1 aliphatic heterocycles. The molecular formula is C22H34N4O2. The first-order valence-electron chi connectivity index (χ1n) is 10.7. The minimum absolute atomic E-state index is 0.000551. The minimum Gasteiger partial charge on any atom is -0.351 e. The van der Waals surface area contributed by atoms with E-state index in [9.17, 15) is 9.59 Å².